The van der Waals surface area contributed by atoms with E-state index in [0.717, 1.165) is 17.9 Å². The monoisotopic (exact) mass is 219 g/mol. The van der Waals surface area contributed by atoms with E-state index in [1.807, 2.05) is 6.07 Å². The molecule has 3 nitrogen and oxygen atoms in total. The summed E-state index contributed by atoms with van der Waals surface area (Å²) < 4.78 is 0. The van der Waals surface area contributed by atoms with Crippen LogP contribution in [0.1, 0.15) is 57.0 Å². The van der Waals surface area contributed by atoms with E-state index in [0.29, 0.717) is 17.7 Å². The minimum Gasteiger partial charge on any atom is -0.384 e. The molecule has 0 amide bonds. The molecule has 2 N–H and O–H groups in total. The molecular formula is C13H21N3. The highest BCUT2D eigenvalue weighted by Gasteiger charge is 2.20. The average molecular weight is 219 g/mol. The third kappa shape index (κ3) is 2.71. The summed E-state index contributed by atoms with van der Waals surface area (Å²) >= 11 is 0. The smallest absolute Gasteiger partial charge is 0.134 e. The molecule has 0 aromatic carbocycles. The molecule has 1 aliphatic rings. The molecule has 0 radical (unpaired) electrons. The summed E-state index contributed by atoms with van der Waals surface area (Å²) in [5.74, 6) is 2.78. The molecule has 3 heteroatoms. The van der Waals surface area contributed by atoms with E-state index >= 15 is 0 Å². The summed E-state index contributed by atoms with van der Waals surface area (Å²) in [7, 11) is 0. The maximum atomic E-state index is 5.85. The van der Waals surface area contributed by atoms with Crippen LogP contribution in [0.25, 0.3) is 0 Å². The molecule has 0 spiro atoms. The quantitative estimate of drug-likeness (QED) is 0.850. The zero-order valence-electron chi connectivity index (χ0n) is 10.2. The predicted octanol–water partition coefficient (Wildman–Crippen LogP) is 2.91. The van der Waals surface area contributed by atoms with Crippen LogP contribution in [-0.2, 0) is 6.42 Å². The van der Waals surface area contributed by atoms with Crippen LogP contribution in [0.3, 0.4) is 0 Å². The Morgan fingerprint density at radius 2 is 2.00 bits per heavy atom. The third-order valence-electron chi connectivity index (χ3n) is 3.15. The molecule has 0 saturated heterocycles. The highest BCUT2D eigenvalue weighted by Crippen LogP contribution is 2.32. The zero-order chi connectivity index (χ0) is 11.5. The minimum atomic E-state index is 0.550. The van der Waals surface area contributed by atoms with Gasteiger partial charge in [0, 0.05) is 17.7 Å². The first-order valence-corrected chi connectivity index (χ1v) is 6.28. The largest absolute Gasteiger partial charge is 0.384 e. The number of nitrogen functional groups attached to an aromatic ring is 1. The van der Waals surface area contributed by atoms with Gasteiger partial charge in [0.1, 0.15) is 11.6 Å². The predicted molar refractivity (Wildman–Crippen MR) is 66.2 cm³/mol. The Kier molecular flexibility index (Phi) is 3.42. The lowest BCUT2D eigenvalue weighted by atomic mass is 10.1. The fourth-order valence-electron chi connectivity index (χ4n) is 2.43. The molecule has 16 heavy (non-hydrogen) atoms. The van der Waals surface area contributed by atoms with Gasteiger partial charge in [-0.05, 0) is 25.2 Å². The fraction of sp³-hybridized carbons (Fsp3) is 0.692. The van der Waals surface area contributed by atoms with E-state index < -0.39 is 0 Å². The molecule has 2 rings (SSSR count). The lowest BCUT2D eigenvalue weighted by Gasteiger charge is -2.11. The molecule has 88 valence electrons. The summed E-state index contributed by atoms with van der Waals surface area (Å²) in [6, 6.07) is 1.92. The van der Waals surface area contributed by atoms with Gasteiger partial charge in [0.15, 0.2) is 0 Å². The van der Waals surface area contributed by atoms with Gasteiger partial charge in [-0.25, -0.2) is 9.97 Å². The van der Waals surface area contributed by atoms with Crippen molar-refractivity contribution in [3.63, 3.8) is 0 Å². The lowest BCUT2D eigenvalue weighted by Crippen LogP contribution is -2.08. The van der Waals surface area contributed by atoms with Crippen molar-refractivity contribution < 1.29 is 0 Å². The Bertz CT molecular complexity index is 354. The number of nitrogens with two attached hydrogens (primary N) is 1. The Morgan fingerprint density at radius 3 is 2.62 bits per heavy atom. The maximum absolute atomic E-state index is 5.85. The van der Waals surface area contributed by atoms with Gasteiger partial charge in [-0.3, -0.25) is 0 Å². The van der Waals surface area contributed by atoms with Gasteiger partial charge in [-0.15, -0.1) is 0 Å². The van der Waals surface area contributed by atoms with E-state index in [9.17, 15) is 0 Å². The first kappa shape index (κ1) is 11.4. The van der Waals surface area contributed by atoms with Gasteiger partial charge in [-0.2, -0.15) is 0 Å². The summed E-state index contributed by atoms with van der Waals surface area (Å²) in [4.78, 5) is 9.05. The molecular weight excluding hydrogens is 198 g/mol. The van der Waals surface area contributed by atoms with Crippen molar-refractivity contribution in [2.24, 2.45) is 5.92 Å². The van der Waals surface area contributed by atoms with Crippen LogP contribution < -0.4 is 5.73 Å². The van der Waals surface area contributed by atoms with Crippen LogP contribution in [0.15, 0.2) is 6.07 Å². The number of rotatable bonds is 3. The van der Waals surface area contributed by atoms with Crippen LogP contribution in [0, 0.1) is 5.92 Å². The van der Waals surface area contributed by atoms with Gasteiger partial charge < -0.3 is 5.73 Å². The van der Waals surface area contributed by atoms with Gasteiger partial charge in [0.05, 0.1) is 0 Å². The van der Waals surface area contributed by atoms with Crippen molar-refractivity contribution in [2.75, 3.05) is 5.73 Å². The first-order valence-electron chi connectivity index (χ1n) is 6.28. The molecule has 1 heterocycles. The first-order chi connectivity index (χ1) is 7.65. The highest BCUT2D eigenvalue weighted by molar-refractivity contribution is 5.30. The molecule has 0 aliphatic heterocycles. The van der Waals surface area contributed by atoms with E-state index in [-0.39, 0.29) is 0 Å². The van der Waals surface area contributed by atoms with Gasteiger partial charge in [0.2, 0.25) is 0 Å². The topological polar surface area (TPSA) is 51.8 Å². The second kappa shape index (κ2) is 4.81. The molecule has 0 unspecified atom stereocenters. The van der Waals surface area contributed by atoms with Crippen LogP contribution >= 0.6 is 0 Å². The van der Waals surface area contributed by atoms with Gasteiger partial charge in [-0.1, -0.05) is 26.7 Å². The van der Waals surface area contributed by atoms with Gasteiger partial charge in [0.25, 0.3) is 0 Å². The Labute approximate surface area is 97.5 Å². The summed E-state index contributed by atoms with van der Waals surface area (Å²) in [5, 5.41) is 0. The lowest BCUT2D eigenvalue weighted by molar-refractivity contribution is 0.614. The van der Waals surface area contributed by atoms with E-state index in [1.165, 1.54) is 25.7 Å². The Morgan fingerprint density at radius 1 is 1.31 bits per heavy atom. The Balaban J connectivity index is 2.20. The number of aromatic nitrogens is 2. The van der Waals surface area contributed by atoms with Crippen molar-refractivity contribution in [1.29, 1.82) is 0 Å². The van der Waals surface area contributed by atoms with Crippen LogP contribution in [-0.4, -0.2) is 9.97 Å². The number of hydrogen-bond donors (Lipinski definition) is 1. The van der Waals surface area contributed by atoms with E-state index in [2.05, 4.69) is 23.8 Å². The molecule has 1 aliphatic carbocycles. The van der Waals surface area contributed by atoms with Crippen molar-refractivity contribution in [1.82, 2.24) is 9.97 Å². The second-order valence-corrected chi connectivity index (χ2v) is 5.22. The number of nitrogens with zero attached hydrogens (tertiary/aromatic N) is 2. The SMILES string of the molecule is CC(C)Cc1cc(N)nc(C2CCCC2)n1. The molecule has 1 aromatic heterocycles. The van der Waals surface area contributed by atoms with E-state index in [4.69, 9.17) is 5.73 Å². The minimum absolute atomic E-state index is 0.550. The standard InChI is InChI=1S/C13H21N3/c1-9(2)7-11-8-12(14)16-13(15-11)10-5-3-4-6-10/h8-10H,3-7H2,1-2H3,(H2,14,15,16). The molecule has 1 saturated carbocycles. The van der Waals surface area contributed by atoms with Crippen LogP contribution in [0.2, 0.25) is 0 Å². The van der Waals surface area contributed by atoms with Crippen LogP contribution in [0.4, 0.5) is 5.82 Å². The molecule has 0 bridgehead atoms. The van der Waals surface area contributed by atoms with E-state index in [1.54, 1.807) is 0 Å². The van der Waals surface area contributed by atoms with Gasteiger partial charge >= 0.3 is 0 Å². The number of anilines is 1. The molecule has 0 atom stereocenters. The summed E-state index contributed by atoms with van der Waals surface area (Å²) in [5.41, 5.74) is 6.95. The van der Waals surface area contributed by atoms with Crippen molar-refractivity contribution >= 4 is 5.82 Å². The van der Waals surface area contributed by atoms with Crippen LogP contribution in [0.5, 0.6) is 0 Å². The highest BCUT2D eigenvalue weighted by atomic mass is 15.0. The Hall–Kier alpha value is -1.12. The maximum Gasteiger partial charge on any atom is 0.134 e. The molecule has 1 fully saturated rings. The van der Waals surface area contributed by atoms with Crippen molar-refractivity contribution in [2.45, 2.75) is 51.9 Å². The third-order valence-corrected chi connectivity index (χ3v) is 3.15. The second-order valence-electron chi connectivity index (χ2n) is 5.22. The van der Waals surface area contributed by atoms with Crippen molar-refractivity contribution in [3.8, 4) is 0 Å². The van der Waals surface area contributed by atoms with Crippen molar-refractivity contribution in [3.05, 3.63) is 17.6 Å². The summed E-state index contributed by atoms with van der Waals surface area (Å²) in [6.45, 7) is 4.40. The average Bonchev–Trinajstić information content (AvgIpc) is 2.67. The fourth-order valence-corrected chi connectivity index (χ4v) is 2.43. The zero-order valence-corrected chi connectivity index (χ0v) is 10.2. The summed E-state index contributed by atoms with van der Waals surface area (Å²) in [6.07, 6.45) is 6.06. The molecule has 1 aromatic rings. The number of hydrogen-bond acceptors (Lipinski definition) is 3. The normalized spacial score (nSPS) is 17.2.